The molecule has 1 heterocycles. The lowest BCUT2D eigenvalue weighted by Gasteiger charge is -2.09. The lowest BCUT2D eigenvalue weighted by Crippen LogP contribution is -2.22. The maximum absolute atomic E-state index is 5.76. The Kier molecular flexibility index (Phi) is 4.56. The molecule has 0 aliphatic heterocycles. The van der Waals surface area contributed by atoms with E-state index < -0.39 is 0 Å². The van der Waals surface area contributed by atoms with E-state index in [1.54, 1.807) is 0 Å². The van der Waals surface area contributed by atoms with Crippen molar-refractivity contribution < 1.29 is 0 Å². The predicted molar refractivity (Wildman–Crippen MR) is 64.6 cm³/mol. The maximum atomic E-state index is 5.76. The van der Waals surface area contributed by atoms with Crippen LogP contribution in [0.4, 0.5) is 5.82 Å². The number of hydrogen-bond acceptors (Lipinski definition) is 3. The number of hydrogen-bond donors (Lipinski definition) is 2. The molecule has 0 aliphatic rings. The second kappa shape index (κ2) is 5.71. The molecule has 0 aliphatic carbocycles. The van der Waals surface area contributed by atoms with Gasteiger partial charge in [0.05, 0.1) is 0 Å². The summed E-state index contributed by atoms with van der Waals surface area (Å²) in [6.45, 7) is 7.28. The zero-order chi connectivity index (χ0) is 11.3. The van der Waals surface area contributed by atoms with Gasteiger partial charge in [-0.2, -0.15) is 0 Å². The van der Waals surface area contributed by atoms with E-state index >= 15 is 0 Å². The zero-order valence-corrected chi connectivity index (χ0v) is 9.88. The van der Waals surface area contributed by atoms with Crippen molar-refractivity contribution in [2.75, 3.05) is 5.73 Å². The number of rotatable bonds is 5. The molecule has 0 fully saturated rings. The molecular weight excluding hydrogens is 186 g/mol. The van der Waals surface area contributed by atoms with Gasteiger partial charge in [0.25, 0.3) is 0 Å². The summed E-state index contributed by atoms with van der Waals surface area (Å²) in [5, 5.41) is 3.37. The lowest BCUT2D eigenvalue weighted by atomic mass is 10.1. The summed E-state index contributed by atoms with van der Waals surface area (Å²) in [7, 11) is 0. The first-order valence-corrected chi connectivity index (χ1v) is 5.60. The van der Waals surface area contributed by atoms with E-state index in [9.17, 15) is 0 Å². The first-order chi connectivity index (χ1) is 7.11. The van der Waals surface area contributed by atoms with Gasteiger partial charge in [-0.05, 0) is 24.1 Å². The number of aryl methyl sites for hydroxylation is 1. The Morgan fingerprint density at radius 2 is 2.13 bits per heavy atom. The van der Waals surface area contributed by atoms with Gasteiger partial charge < -0.3 is 11.1 Å². The number of nitrogens with zero attached hydrogens (tertiary/aromatic N) is 1. The van der Waals surface area contributed by atoms with Gasteiger partial charge in [0.2, 0.25) is 0 Å². The van der Waals surface area contributed by atoms with Gasteiger partial charge in [0.1, 0.15) is 5.82 Å². The van der Waals surface area contributed by atoms with Gasteiger partial charge in [-0.3, -0.25) is 0 Å². The average molecular weight is 207 g/mol. The predicted octanol–water partition coefficient (Wildman–Crippen LogP) is 2.11. The fourth-order valence-corrected chi connectivity index (χ4v) is 1.48. The molecule has 0 unspecified atom stereocenters. The quantitative estimate of drug-likeness (QED) is 0.777. The van der Waals surface area contributed by atoms with Crippen LogP contribution in [0.25, 0.3) is 0 Å². The highest BCUT2D eigenvalue weighted by Gasteiger charge is 2.01. The van der Waals surface area contributed by atoms with Gasteiger partial charge in [-0.1, -0.05) is 27.2 Å². The number of nitrogens with one attached hydrogen (secondary N) is 1. The van der Waals surface area contributed by atoms with Crippen molar-refractivity contribution in [2.24, 2.45) is 0 Å². The Morgan fingerprint density at radius 1 is 1.40 bits per heavy atom. The van der Waals surface area contributed by atoms with Crippen LogP contribution in [0.1, 0.15) is 38.4 Å². The van der Waals surface area contributed by atoms with Gasteiger partial charge in [0.15, 0.2) is 0 Å². The molecule has 0 atom stereocenters. The molecule has 0 spiro atoms. The minimum Gasteiger partial charge on any atom is -0.384 e. The minimum atomic E-state index is 0.494. The third-order valence-corrected chi connectivity index (χ3v) is 2.18. The number of anilines is 1. The molecule has 0 bridgehead atoms. The van der Waals surface area contributed by atoms with E-state index in [0.717, 1.165) is 25.1 Å². The average Bonchev–Trinajstić information content (AvgIpc) is 2.14. The lowest BCUT2D eigenvalue weighted by molar-refractivity contribution is 0.588. The highest BCUT2D eigenvalue weighted by molar-refractivity contribution is 5.35. The van der Waals surface area contributed by atoms with E-state index in [1.165, 1.54) is 5.56 Å². The molecule has 0 radical (unpaired) electrons. The van der Waals surface area contributed by atoms with E-state index in [-0.39, 0.29) is 0 Å². The minimum absolute atomic E-state index is 0.494. The molecule has 1 aromatic rings. The monoisotopic (exact) mass is 207 g/mol. The normalized spacial score (nSPS) is 10.9. The summed E-state index contributed by atoms with van der Waals surface area (Å²) in [6, 6.07) is 4.57. The van der Waals surface area contributed by atoms with E-state index in [0.29, 0.717) is 11.9 Å². The van der Waals surface area contributed by atoms with Crippen LogP contribution in [0, 0.1) is 0 Å². The third kappa shape index (κ3) is 4.30. The number of nitrogens with two attached hydrogens (primary N) is 1. The molecule has 1 aromatic heterocycles. The van der Waals surface area contributed by atoms with Crippen LogP contribution in [0.5, 0.6) is 0 Å². The molecule has 3 nitrogen and oxygen atoms in total. The second-order valence-electron chi connectivity index (χ2n) is 4.18. The first-order valence-electron chi connectivity index (χ1n) is 5.60. The maximum Gasteiger partial charge on any atom is 0.123 e. The van der Waals surface area contributed by atoms with Crippen molar-refractivity contribution in [2.45, 2.75) is 46.2 Å². The van der Waals surface area contributed by atoms with Crippen LogP contribution in [0.15, 0.2) is 12.1 Å². The molecular formula is C12H21N3. The van der Waals surface area contributed by atoms with Gasteiger partial charge in [-0.15, -0.1) is 0 Å². The second-order valence-corrected chi connectivity index (χ2v) is 4.18. The fraction of sp³-hybridized carbons (Fsp3) is 0.583. The van der Waals surface area contributed by atoms with Crippen LogP contribution in [-0.4, -0.2) is 11.0 Å². The molecule has 0 saturated carbocycles. The molecule has 84 valence electrons. The van der Waals surface area contributed by atoms with Crippen molar-refractivity contribution in [1.82, 2.24) is 10.3 Å². The van der Waals surface area contributed by atoms with Crippen molar-refractivity contribution in [3.8, 4) is 0 Å². The van der Waals surface area contributed by atoms with Gasteiger partial charge in [0, 0.05) is 18.3 Å². The summed E-state index contributed by atoms with van der Waals surface area (Å²) >= 11 is 0. The Morgan fingerprint density at radius 3 is 2.73 bits per heavy atom. The number of pyridine rings is 1. The largest absolute Gasteiger partial charge is 0.384 e. The number of aromatic nitrogens is 1. The standard InChI is InChI=1S/C12H21N3/c1-4-5-11-6-10(7-12(13)15-11)8-14-9(2)3/h6-7,9,14H,4-5,8H2,1-3H3,(H2,13,15). The molecule has 15 heavy (non-hydrogen) atoms. The van der Waals surface area contributed by atoms with E-state index in [4.69, 9.17) is 5.73 Å². The Balaban J connectivity index is 2.70. The zero-order valence-electron chi connectivity index (χ0n) is 9.88. The molecule has 0 saturated heterocycles. The van der Waals surface area contributed by atoms with Crippen molar-refractivity contribution in [3.05, 3.63) is 23.4 Å². The topological polar surface area (TPSA) is 50.9 Å². The molecule has 0 aromatic carbocycles. The van der Waals surface area contributed by atoms with Crippen LogP contribution in [-0.2, 0) is 13.0 Å². The van der Waals surface area contributed by atoms with Crippen LogP contribution in [0.3, 0.4) is 0 Å². The summed E-state index contributed by atoms with van der Waals surface area (Å²) < 4.78 is 0. The van der Waals surface area contributed by atoms with E-state index in [2.05, 4.69) is 37.1 Å². The smallest absolute Gasteiger partial charge is 0.123 e. The highest BCUT2D eigenvalue weighted by atomic mass is 14.9. The summed E-state index contributed by atoms with van der Waals surface area (Å²) in [6.07, 6.45) is 2.10. The van der Waals surface area contributed by atoms with Crippen LogP contribution in [0.2, 0.25) is 0 Å². The number of nitrogen functional groups attached to an aromatic ring is 1. The Labute approximate surface area is 92.1 Å². The SMILES string of the molecule is CCCc1cc(CNC(C)C)cc(N)n1. The summed E-state index contributed by atoms with van der Waals surface area (Å²) in [4.78, 5) is 4.30. The molecule has 1 rings (SSSR count). The fourth-order valence-electron chi connectivity index (χ4n) is 1.48. The third-order valence-electron chi connectivity index (χ3n) is 2.18. The van der Waals surface area contributed by atoms with Crippen molar-refractivity contribution in [3.63, 3.8) is 0 Å². The van der Waals surface area contributed by atoms with Crippen molar-refractivity contribution >= 4 is 5.82 Å². The van der Waals surface area contributed by atoms with E-state index in [1.807, 2.05) is 6.07 Å². The highest BCUT2D eigenvalue weighted by Crippen LogP contribution is 2.09. The first kappa shape index (κ1) is 12.0. The summed E-state index contributed by atoms with van der Waals surface area (Å²) in [5.41, 5.74) is 8.07. The Bertz CT molecular complexity index is 308. The molecule has 3 N–H and O–H groups in total. The van der Waals surface area contributed by atoms with Gasteiger partial charge in [-0.25, -0.2) is 4.98 Å². The van der Waals surface area contributed by atoms with Crippen LogP contribution >= 0.6 is 0 Å². The van der Waals surface area contributed by atoms with Crippen molar-refractivity contribution in [1.29, 1.82) is 0 Å². The molecule has 3 heteroatoms. The van der Waals surface area contributed by atoms with Crippen LogP contribution < -0.4 is 11.1 Å². The summed E-state index contributed by atoms with van der Waals surface area (Å²) in [5.74, 6) is 0.626. The van der Waals surface area contributed by atoms with Gasteiger partial charge >= 0.3 is 0 Å². The Hall–Kier alpha value is -1.09. The molecule has 0 amide bonds.